The van der Waals surface area contributed by atoms with Gasteiger partial charge >= 0.3 is 0 Å². The van der Waals surface area contributed by atoms with E-state index in [4.69, 9.17) is 0 Å². The van der Waals surface area contributed by atoms with Crippen LogP contribution in [-0.2, 0) is 9.59 Å². The molecule has 180 valence electrons. The van der Waals surface area contributed by atoms with Crippen LogP contribution in [0.25, 0.3) is 0 Å². The number of anilines is 1. The van der Waals surface area contributed by atoms with Gasteiger partial charge in [-0.1, -0.05) is 36.4 Å². The number of carbonyl (C=O) groups excluding carboxylic acids is 3. The third kappa shape index (κ3) is 6.16. The van der Waals surface area contributed by atoms with Crippen LogP contribution in [0.1, 0.15) is 36.0 Å². The monoisotopic (exact) mass is 462 g/mol. The maximum Gasteiger partial charge on any atom is 0.253 e. The molecule has 0 radical (unpaired) electrons. The van der Waals surface area contributed by atoms with Crippen molar-refractivity contribution in [2.24, 2.45) is 5.92 Å². The molecule has 2 fully saturated rings. The molecule has 2 saturated heterocycles. The van der Waals surface area contributed by atoms with Crippen molar-refractivity contribution in [3.05, 3.63) is 66.2 Å². The molecule has 2 heterocycles. The molecule has 4 rings (SSSR count). The fraction of sp³-hybridized carbons (Fsp3) is 0.444. The summed E-state index contributed by atoms with van der Waals surface area (Å²) in [6.07, 6.45) is 2.37. The zero-order valence-electron chi connectivity index (χ0n) is 19.7. The Labute approximate surface area is 201 Å². The summed E-state index contributed by atoms with van der Waals surface area (Å²) in [7, 11) is 0. The zero-order chi connectivity index (χ0) is 23.8. The number of benzene rings is 2. The van der Waals surface area contributed by atoms with Gasteiger partial charge < -0.3 is 20.0 Å². The summed E-state index contributed by atoms with van der Waals surface area (Å²) in [5.41, 5.74) is 1.82. The van der Waals surface area contributed by atoms with Gasteiger partial charge in [-0.3, -0.25) is 14.4 Å². The van der Waals surface area contributed by atoms with Crippen LogP contribution < -0.4 is 10.2 Å². The molecule has 7 heteroatoms. The van der Waals surface area contributed by atoms with Gasteiger partial charge in [0, 0.05) is 69.4 Å². The molecule has 0 bridgehead atoms. The Hall–Kier alpha value is -3.35. The Balaban J connectivity index is 1.36. The highest BCUT2D eigenvalue weighted by molar-refractivity contribution is 5.94. The van der Waals surface area contributed by atoms with Gasteiger partial charge in [0.25, 0.3) is 5.91 Å². The predicted molar refractivity (Wildman–Crippen MR) is 133 cm³/mol. The first kappa shape index (κ1) is 23.8. The van der Waals surface area contributed by atoms with E-state index in [9.17, 15) is 14.4 Å². The summed E-state index contributed by atoms with van der Waals surface area (Å²) >= 11 is 0. The molecule has 7 nitrogen and oxygen atoms in total. The van der Waals surface area contributed by atoms with Crippen molar-refractivity contribution < 1.29 is 14.4 Å². The van der Waals surface area contributed by atoms with Crippen LogP contribution in [0.15, 0.2) is 60.7 Å². The highest BCUT2D eigenvalue weighted by Gasteiger charge is 2.28. The SMILES string of the molecule is O=C1CCN(C(=O)c2ccccc2)CCCC(C(=O)N2CCN(c3ccccc3)CC2)CCN1. The van der Waals surface area contributed by atoms with Gasteiger partial charge in [0.2, 0.25) is 11.8 Å². The zero-order valence-corrected chi connectivity index (χ0v) is 19.7. The number of para-hydroxylation sites is 1. The molecular formula is C27H34N4O3. The van der Waals surface area contributed by atoms with Crippen molar-refractivity contribution in [1.29, 1.82) is 0 Å². The van der Waals surface area contributed by atoms with Gasteiger partial charge in [-0.15, -0.1) is 0 Å². The summed E-state index contributed by atoms with van der Waals surface area (Å²) in [6, 6.07) is 19.5. The van der Waals surface area contributed by atoms with E-state index in [1.807, 2.05) is 41.3 Å². The molecule has 2 aromatic carbocycles. The molecule has 0 spiro atoms. The van der Waals surface area contributed by atoms with E-state index in [2.05, 4.69) is 22.3 Å². The third-order valence-electron chi connectivity index (χ3n) is 6.77. The number of nitrogens with one attached hydrogen (secondary N) is 1. The lowest BCUT2D eigenvalue weighted by atomic mass is 9.96. The van der Waals surface area contributed by atoms with Gasteiger partial charge in [-0.25, -0.2) is 0 Å². The van der Waals surface area contributed by atoms with Crippen molar-refractivity contribution in [2.75, 3.05) is 50.7 Å². The van der Waals surface area contributed by atoms with E-state index in [0.29, 0.717) is 51.1 Å². The van der Waals surface area contributed by atoms with Crippen molar-refractivity contribution in [2.45, 2.75) is 25.7 Å². The molecule has 1 atom stereocenters. The van der Waals surface area contributed by atoms with Gasteiger partial charge in [0.1, 0.15) is 0 Å². The number of nitrogens with zero attached hydrogens (tertiary/aromatic N) is 3. The van der Waals surface area contributed by atoms with Crippen LogP contribution in [0.3, 0.4) is 0 Å². The molecule has 1 N–H and O–H groups in total. The maximum atomic E-state index is 13.4. The Morgan fingerprint density at radius 1 is 0.765 bits per heavy atom. The molecule has 1 unspecified atom stereocenters. The summed E-state index contributed by atoms with van der Waals surface area (Å²) < 4.78 is 0. The highest BCUT2D eigenvalue weighted by atomic mass is 16.2. The van der Waals surface area contributed by atoms with E-state index in [-0.39, 0.29) is 30.1 Å². The van der Waals surface area contributed by atoms with Crippen molar-refractivity contribution in [1.82, 2.24) is 15.1 Å². The molecule has 2 aliphatic heterocycles. The molecule has 0 saturated carbocycles. The van der Waals surface area contributed by atoms with Gasteiger partial charge in [0.15, 0.2) is 0 Å². The largest absolute Gasteiger partial charge is 0.368 e. The average Bonchev–Trinajstić information content (AvgIpc) is 2.93. The molecule has 2 aliphatic rings. The number of piperazine rings is 1. The summed E-state index contributed by atoms with van der Waals surface area (Å²) in [5, 5.41) is 2.94. The van der Waals surface area contributed by atoms with E-state index in [1.54, 1.807) is 17.0 Å². The van der Waals surface area contributed by atoms with E-state index < -0.39 is 0 Å². The second kappa shape index (κ2) is 11.7. The second-order valence-electron chi connectivity index (χ2n) is 9.03. The molecule has 0 aliphatic carbocycles. The smallest absolute Gasteiger partial charge is 0.253 e. The Bertz CT molecular complexity index is 958. The fourth-order valence-corrected chi connectivity index (χ4v) is 4.79. The van der Waals surface area contributed by atoms with E-state index in [0.717, 1.165) is 19.5 Å². The first-order chi connectivity index (χ1) is 16.6. The van der Waals surface area contributed by atoms with Gasteiger partial charge in [0.05, 0.1) is 0 Å². The highest BCUT2D eigenvalue weighted by Crippen LogP contribution is 2.20. The van der Waals surface area contributed by atoms with Crippen molar-refractivity contribution in [3.63, 3.8) is 0 Å². The van der Waals surface area contributed by atoms with E-state index in [1.165, 1.54) is 5.69 Å². The Morgan fingerprint density at radius 3 is 2.15 bits per heavy atom. The summed E-state index contributed by atoms with van der Waals surface area (Å²) in [5.74, 6) is -0.111. The Morgan fingerprint density at radius 2 is 1.44 bits per heavy atom. The fourth-order valence-electron chi connectivity index (χ4n) is 4.79. The molecular weight excluding hydrogens is 428 g/mol. The topological polar surface area (TPSA) is 73.0 Å². The van der Waals surface area contributed by atoms with Gasteiger partial charge in [-0.05, 0) is 43.5 Å². The van der Waals surface area contributed by atoms with E-state index >= 15 is 0 Å². The maximum absolute atomic E-state index is 13.4. The number of carbonyl (C=O) groups is 3. The number of hydrogen-bond donors (Lipinski definition) is 1. The lowest BCUT2D eigenvalue weighted by molar-refractivity contribution is -0.136. The van der Waals surface area contributed by atoms with Crippen LogP contribution in [0.2, 0.25) is 0 Å². The lowest BCUT2D eigenvalue weighted by Gasteiger charge is -2.37. The normalized spacial score (nSPS) is 20.3. The standard InChI is InChI=1S/C27H34N4O3/c32-25-14-17-30(26(33)22-8-3-1-4-9-22)16-7-10-23(13-15-28-25)27(34)31-20-18-29(19-21-31)24-11-5-2-6-12-24/h1-6,8-9,11-12,23H,7,10,13-21H2,(H,28,32). The summed E-state index contributed by atoms with van der Waals surface area (Å²) in [6.45, 7) is 4.47. The van der Waals surface area contributed by atoms with Crippen LogP contribution in [0, 0.1) is 5.92 Å². The number of amides is 3. The van der Waals surface area contributed by atoms with Crippen molar-refractivity contribution >= 4 is 23.4 Å². The van der Waals surface area contributed by atoms with Crippen LogP contribution in [-0.4, -0.2) is 73.3 Å². The molecule has 3 amide bonds. The summed E-state index contributed by atoms with van der Waals surface area (Å²) in [4.78, 5) is 44.7. The molecule has 0 aromatic heterocycles. The molecule has 2 aromatic rings. The minimum absolute atomic E-state index is 0.0624. The number of rotatable bonds is 3. The number of hydrogen-bond acceptors (Lipinski definition) is 4. The quantitative estimate of drug-likeness (QED) is 0.761. The lowest BCUT2D eigenvalue weighted by Crippen LogP contribution is -2.50. The van der Waals surface area contributed by atoms with Crippen LogP contribution in [0.4, 0.5) is 5.69 Å². The third-order valence-corrected chi connectivity index (χ3v) is 6.77. The van der Waals surface area contributed by atoms with Gasteiger partial charge in [-0.2, -0.15) is 0 Å². The minimum Gasteiger partial charge on any atom is -0.368 e. The first-order valence-corrected chi connectivity index (χ1v) is 12.3. The first-order valence-electron chi connectivity index (χ1n) is 12.3. The molecule has 34 heavy (non-hydrogen) atoms. The van der Waals surface area contributed by atoms with Crippen molar-refractivity contribution in [3.8, 4) is 0 Å². The second-order valence-corrected chi connectivity index (χ2v) is 9.03. The predicted octanol–water partition coefficient (Wildman–Crippen LogP) is 2.78. The minimum atomic E-state index is -0.143. The van der Waals surface area contributed by atoms with Crippen LogP contribution in [0.5, 0.6) is 0 Å². The van der Waals surface area contributed by atoms with Crippen LogP contribution >= 0.6 is 0 Å². The Kier molecular flexibility index (Phi) is 8.17. The average molecular weight is 463 g/mol.